The minimum Gasteiger partial charge on any atom is -0.454 e. The lowest BCUT2D eigenvalue weighted by atomic mass is 10.1. The number of carbonyl (C=O) groups is 1. The van der Waals surface area contributed by atoms with Gasteiger partial charge in [0.25, 0.3) is 5.91 Å². The molecule has 1 N–H and O–H groups in total. The molecule has 0 atom stereocenters. The Balaban J connectivity index is 1.65. The number of ether oxygens (including phenoxy) is 2. The molecule has 0 radical (unpaired) electrons. The Kier molecular flexibility index (Phi) is 3.93. The molecule has 0 unspecified atom stereocenters. The van der Waals surface area contributed by atoms with E-state index < -0.39 is 0 Å². The van der Waals surface area contributed by atoms with E-state index in [1.807, 2.05) is 24.3 Å². The fraction of sp³-hybridized carbons (Fsp3) is 0.111. The SMILES string of the molecule is Cc1onc(-c2cccc(Br)c2)c1C(=O)Nc1ccc2c(c1)OCO2. The number of aromatic nitrogens is 1. The van der Waals surface area contributed by atoms with Gasteiger partial charge in [-0.05, 0) is 31.2 Å². The van der Waals surface area contributed by atoms with Crippen molar-refractivity contribution in [3.63, 3.8) is 0 Å². The highest BCUT2D eigenvalue weighted by Gasteiger charge is 2.22. The zero-order chi connectivity index (χ0) is 17.4. The molecule has 0 fully saturated rings. The summed E-state index contributed by atoms with van der Waals surface area (Å²) in [4.78, 5) is 12.8. The highest BCUT2D eigenvalue weighted by molar-refractivity contribution is 9.10. The van der Waals surface area contributed by atoms with Gasteiger partial charge in [-0.15, -0.1) is 0 Å². The largest absolute Gasteiger partial charge is 0.454 e. The van der Waals surface area contributed by atoms with Crippen molar-refractivity contribution in [2.75, 3.05) is 12.1 Å². The zero-order valence-corrected chi connectivity index (χ0v) is 14.8. The monoisotopic (exact) mass is 400 g/mol. The number of nitrogens with zero attached hydrogens (tertiary/aromatic N) is 1. The normalized spacial score (nSPS) is 12.2. The molecule has 0 bridgehead atoms. The molecule has 0 saturated heterocycles. The van der Waals surface area contributed by atoms with E-state index in [-0.39, 0.29) is 12.7 Å². The van der Waals surface area contributed by atoms with Crippen molar-refractivity contribution in [1.29, 1.82) is 0 Å². The van der Waals surface area contributed by atoms with Crippen molar-refractivity contribution in [3.05, 3.63) is 58.3 Å². The van der Waals surface area contributed by atoms with E-state index in [1.54, 1.807) is 25.1 Å². The number of rotatable bonds is 3. The van der Waals surface area contributed by atoms with Crippen molar-refractivity contribution in [1.82, 2.24) is 5.16 Å². The smallest absolute Gasteiger partial charge is 0.261 e. The van der Waals surface area contributed by atoms with E-state index >= 15 is 0 Å². The number of amides is 1. The third-order valence-electron chi connectivity index (χ3n) is 3.82. The molecule has 25 heavy (non-hydrogen) atoms. The number of carbonyl (C=O) groups excluding carboxylic acids is 1. The highest BCUT2D eigenvalue weighted by Crippen LogP contribution is 2.35. The Bertz CT molecular complexity index is 967. The molecule has 2 aromatic carbocycles. The molecule has 1 aliphatic rings. The minimum atomic E-state index is -0.299. The van der Waals surface area contributed by atoms with Crippen LogP contribution < -0.4 is 14.8 Å². The highest BCUT2D eigenvalue weighted by atomic mass is 79.9. The van der Waals surface area contributed by atoms with Gasteiger partial charge in [0.15, 0.2) is 11.5 Å². The molecule has 7 heteroatoms. The number of anilines is 1. The van der Waals surface area contributed by atoms with Gasteiger partial charge in [0.05, 0.1) is 0 Å². The molecule has 1 aromatic heterocycles. The first-order valence-electron chi connectivity index (χ1n) is 7.55. The third kappa shape index (κ3) is 2.98. The standard InChI is InChI=1S/C18H13BrN2O4/c1-10-16(17(21-25-10)11-3-2-4-12(19)7-11)18(22)20-13-5-6-14-15(8-13)24-9-23-14/h2-8H,9H2,1H3,(H,20,22). The van der Waals surface area contributed by atoms with Crippen LogP contribution in [-0.2, 0) is 0 Å². The number of fused-ring (bicyclic) bond motifs is 1. The van der Waals surface area contributed by atoms with Crippen LogP contribution in [0.1, 0.15) is 16.1 Å². The first-order valence-corrected chi connectivity index (χ1v) is 8.34. The summed E-state index contributed by atoms with van der Waals surface area (Å²) in [7, 11) is 0. The van der Waals surface area contributed by atoms with Crippen LogP contribution in [0.15, 0.2) is 51.5 Å². The van der Waals surface area contributed by atoms with E-state index in [0.717, 1.165) is 10.0 Å². The zero-order valence-electron chi connectivity index (χ0n) is 13.2. The Morgan fingerprint density at radius 1 is 1.16 bits per heavy atom. The Morgan fingerprint density at radius 2 is 2.00 bits per heavy atom. The predicted molar refractivity (Wildman–Crippen MR) is 94.9 cm³/mol. The van der Waals surface area contributed by atoms with Crippen molar-refractivity contribution >= 4 is 27.5 Å². The van der Waals surface area contributed by atoms with Crippen LogP contribution in [0.3, 0.4) is 0 Å². The molecule has 0 saturated carbocycles. The molecule has 4 rings (SSSR count). The number of nitrogens with one attached hydrogen (secondary N) is 1. The second-order valence-corrected chi connectivity index (χ2v) is 6.41. The van der Waals surface area contributed by atoms with Gasteiger partial charge in [-0.25, -0.2) is 0 Å². The molecular formula is C18H13BrN2O4. The van der Waals surface area contributed by atoms with Crippen molar-refractivity contribution in [2.24, 2.45) is 0 Å². The summed E-state index contributed by atoms with van der Waals surface area (Å²) in [5.41, 5.74) is 2.30. The van der Waals surface area contributed by atoms with E-state index in [9.17, 15) is 4.79 Å². The lowest BCUT2D eigenvalue weighted by Gasteiger charge is -2.07. The van der Waals surface area contributed by atoms with Crippen molar-refractivity contribution in [2.45, 2.75) is 6.92 Å². The van der Waals surface area contributed by atoms with Gasteiger partial charge in [0.2, 0.25) is 6.79 Å². The van der Waals surface area contributed by atoms with Crippen LogP contribution in [0, 0.1) is 6.92 Å². The van der Waals surface area contributed by atoms with Crippen LogP contribution >= 0.6 is 15.9 Å². The van der Waals surface area contributed by atoms with Crippen LogP contribution in [0.2, 0.25) is 0 Å². The summed E-state index contributed by atoms with van der Waals surface area (Å²) in [5, 5.41) is 6.90. The predicted octanol–water partition coefficient (Wildman–Crippen LogP) is 4.39. The lowest BCUT2D eigenvalue weighted by Crippen LogP contribution is -2.13. The second-order valence-electron chi connectivity index (χ2n) is 5.49. The van der Waals surface area contributed by atoms with Crippen LogP contribution in [0.5, 0.6) is 11.5 Å². The van der Waals surface area contributed by atoms with E-state index in [2.05, 4.69) is 26.4 Å². The van der Waals surface area contributed by atoms with Gasteiger partial charge in [-0.1, -0.05) is 33.2 Å². The number of hydrogen-bond donors (Lipinski definition) is 1. The average Bonchev–Trinajstić information content (AvgIpc) is 3.20. The van der Waals surface area contributed by atoms with E-state index in [1.165, 1.54) is 0 Å². The maximum atomic E-state index is 12.8. The molecule has 1 aliphatic heterocycles. The number of benzene rings is 2. The van der Waals surface area contributed by atoms with Crippen LogP contribution in [-0.4, -0.2) is 17.9 Å². The van der Waals surface area contributed by atoms with Gasteiger partial charge in [0, 0.05) is 21.8 Å². The molecule has 2 heterocycles. The lowest BCUT2D eigenvalue weighted by molar-refractivity contribution is 0.102. The summed E-state index contributed by atoms with van der Waals surface area (Å²) in [6.45, 7) is 1.90. The summed E-state index contributed by atoms with van der Waals surface area (Å²) < 4.78 is 16.8. The first-order chi connectivity index (χ1) is 12.1. The maximum Gasteiger partial charge on any atom is 0.261 e. The van der Waals surface area contributed by atoms with Gasteiger partial charge >= 0.3 is 0 Å². The Labute approximate surface area is 151 Å². The number of aryl methyl sites for hydroxylation is 1. The average molecular weight is 401 g/mol. The van der Waals surface area contributed by atoms with E-state index in [4.69, 9.17) is 14.0 Å². The van der Waals surface area contributed by atoms with Crippen molar-refractivity contribution in [3.8, 4) is 22.8 Å². The number of hydrogen-bond acceptors (Lipinski definition) is 5. The Morgan fingerprint density at radius 3 is 2.84 bits per heavy atom. The first kappa shape index (κ1) is 15.7. The molecule has 0 spiro atoms. The molecule has 0 aliphatic carbocycles. The van der Waals surface area contributed by atoms with Crippen LogP contribution in [0.25, 0.3) is 11.3 Å². The second kappa shape index (κ2) is 6.25. The van der Waals surface area contributed by atoms with Crippen LogP contribution in [0.4, 0.5) is 5.69 Å². The minimum absolute atomic E-state index is 0.185. The molecule has 126 valence electrons. The third-order valence-corrected chi connectivity index (χ3v) is 4.31. The molecule has 1 amide bonds. The van der Waals surface area contributed by atoms with Gasteiger partial charge in [0.1, 0.15) is 17.0 Å². The summed E-state index contributed by atoms with van der Waals surface area (Å²) in [6.07, 6.45) is 0. The van der Waals surface area contributed by atoms with Crippen molar-refractivity contribution < 1.29 is 18.8 Å². The quantitative estimate of drug-likeness (QED) is 0.705. The molecule has 6 nitrogen and oxygen atoms in total. The summed E-state index contributed by atoms with van der Waals surface area (Å²) in [6, 6.07) is 12.8. The van der Waals surface area contributed by atoms with E-state index in [0.29, 0.717) is 34.2 Å². The molecular weight excluding hydrogens is 388 g/mol. The van der Waals surface area contributed by atoms with Gasteiger partial charge in [-0.3, -0.25) is 4.79 Å². The number of halogens is 1. The Hall–Kier alpha value is -2.80. The maximum absolute atomic E-state index is 12.8. The van der Waals surface area contributed by atoms with Gasteiger partial charge in [-0.2, -0.15) is 0 Å². The summed E-state index contributed by atoms with van der Waals surface area (Å²) in [5.74, 6) is 1.42. The fourth-order valence-electron chi connectivity index (χ4n) is 2.64. The fourth-order valence-corrected chi connectivity index (χ4v) is 3.04. The summed E-state index contributed by atoms with van der Waals surface area (Å²) >= 11 is 3.43. The topological polar surface area (TPSA) is 73.6 Å². The van der Waals surface area contributed by atoms with Gasteiger partial charge < -0.3 is 19.3 Å². The molecule has 3 aromatic rings.